The van der Waals surface area contributed by atoms with E-state index >= 15 is 0 Å². The SMILES string of the molecule is c1ccc(-c2nc(-c3ccccc3)nc(-c3cc(-n4c5ccccc5c5c6oc7ccccc7c6ccc54)cc4c3sc3ccc5oc6ccccc6c5c34)n2)cc1. The summed E-state index contributed by atoms with van der Waals surface area (Å²) in [4.78, 5) is 15.6. The van der Waals surface area contributed by atoms with Gasteiger partial charge in [-0.1, -0.05) is 115 Å². The van der Waals surface area contributed by atoms with E-state index in [1.54, 1.807) is 11.3 Å². The molecule has 58 heavy (non-hydrogen) atoms. The second-order valence-corrected chi connectivity index (χ2v) is 15.8. The van der Waals surface area contributed by atoms with E-state index in [4.69, 9.17) is 23.8 Å². The van der Waals surface area contributed by atoms with Crippen LogP contribution in [-0.2, 0) is 0 Å². The highest BCUT2D eigenvalue weighted by atomic mass is 32.1. The fraction of sp³-hybridized carbons (Fsp3) is 0. The van der Waals surface area contributed by atoms with Crippen molar-refractivity contribution in [1.82, 2.24) is 19.5 Å². The topological polar surface area (TPSA) is 69.9 Å². The van der Waals surface area contributed by atoms with Crippen molar-refractivity contribution in [1.29, 1.82) is 0 Å². The standard InChI is InChI=1S/C51H28N4O2S/c1-3-13-29(14-4-1)49-52-50(30-15-5-2-6-16-30)54-51(53-49)37-28-31(27-36-46-43(58-48(36)37)26-25-42-45(46)35-19-9-12-22-41(35)56-42)55-38-20-10-7-18-34(38)44-39(55)24-23-33-32-17-8-11-21-40(32)57-47(33)44/h1-28H. The predicted molar refractivity (Wildman–Crippen MR) is 238 cm³/mol. The van der Waals surface area contributed by atoms with Gasteiger partial charge in [0.15, 0.2) is 17.5 Å². The van der Waals surface area contributed by atoms with E-state index in [1.165, 1.54) is 4.70 Å². The lowest BCUT2D eigenvalue weighted by atomic mass is 10.0. The van der Waals surface area contributed by atoms with Gasteiger partial charge in [0.2, 0.25) is 0 Å². The first-order chi connectivity index (χ1) is 28.7. The molecule has 0 radical (unpaired) electrons. The molecule has 0 fully saturated rings. The molecule has 0 saturated carbocycles. The van der Waals surface area contributed by atoms with Crippen LogP contribution < -0.4 is 0 Å². The lowest BCUT2D eigenvalue weighted by Gasteiger charge is -2.13. The Morgan fingerprint density at radius 1 is 0.414 bits per heavy atom. The maximum absolute atomic E-state index is 6.67. The van der Waals surface area contributed by atoms with Gasteiger partial charge in [0.05, 0.1) is 16.4 Å². The summed E-state index contributed by atoms with van der Waals surface area (Å²) in [6.07, 6.45) is 0. The fourth-order valence-electron chi connectivity index (χ4n) is 8.91. The van der Waals surface area contributed by atoms with Crippen molar-refractivity contribution < 1.29 is 8.83 Å². The van der Waals surface area contributed by atoms with E-state index in [1.807, 2.05) is 60.7 Å². The molecule has 0 aliphatic carbocycles. The van der Waals surface area contributed by atoms with E-state index in [9.17, 15) is 0 Å². The third-order valence-electron chi connectivity index (χ3n) is 11.4. The maximum Gasteiger partial charge on any atom is 0.165 e. The fourth-order valence-corrected chi connectivity index (χ4v) is 10.1. The van der Waals surface area contributed by atoms with Crippen LogP contribution in [0.5, 0.6) is 0 Å². The minimum absolute atomic E-state index is 0.611. The van der Waals surface area contributed by atoms with Crippen molar-refractivity contribution in [3.63, 3.8) is 0 Å². The number of aromatic nitrogens is 4. The molecule has 0 saturated heterocycles. The Labute approximate surface area is 333 Å². The highest BCUT2D eigenvalue weighted by Crippen LogP contribution is 2.48. The molecule has 0 spiro atoms. The summed E-state index contributed by atoms with van der Waals surface area (Å²) in [6, 6.07) is 58.9. The maximum atomic E-state index is 6.67. The number of rotatable bonds is 4. The summed E-state index contributed by atoms with van der Waals surface area (Å²) < 4.78 is 17.8. The van der Waals surface area contributed by atoms with Gasteiger partial charge in [0, 0.05) is 69.5 Å². The van der Waals surface area contributed by atoms with E-state index in [0.717, 1.165) is 104 Å². The average Bonchev–Trinajstić information content (AvgIpc) is 4.05. The minimum Gasteiger partial charge on any atom is -0.456 e. The van der Waals surface area contributed by atoms with Crippen molar-refractivity contribution in [2.24, 2.45) is 0 Å². The normalized spacial score (nSPS) is 12.1. The van der Waals surface area contributed by atoms with Crippen LogP contribution in [0.2, 0.25) is 0 Å². The van der Waals surface area contributed by atoms with E-state index in [-0.39, 0.29) is 0 Å². The molecule has 0 aliphatic heterocycles. The molecule has 5 heterocycles. The zero-order valence-electron chi connectivity index (χ0n) is 30.7. The second-order valence-electron chi connectivity index (χ2n) is 14.7. The van der Waals surface area contributed by atoms with E-state index in [0.29, 0.717) is 17.5 Å². The third kappa shape index (κ3) is 4.50. The number of furan rings is 2. The van der Waals surface area contributed by atoms with Crippen molar-refractivity contribution in [3.8, 4) is 39.9 Å². The van der Waals surface area contributed by atoms with Gasteiger partial charge in [0.1, 0.15) is 22.3 Å². The average molecular weight is 761 g/mol. The molecule has 13 rings (SSSR count). The molecule has 0 unspecified atom stereocenters. The van der Waals surface area contributed by atoms with Gasteiger partial charge in [-0.15, -0.1) is 11.3 Å². The van der Waals surface area contributed by atoms with Crippen LogP contribution in [-0.4, -0.2) is 19.5 Å². The molecule has 7 heteroatoms. The largest absolute Gasteiger partial charge is 0.456 e. The van der Waals surface area contributed by atoms with Gasteiger partial charge in [-0.2, -0.15) is 0 Å². The molecular formula is C51H28N4O2S. The summed E-state index contributed by atoms with van der Waals surface area (Å²) >= 11 is 1.76. The van der Waals surface area contributed by atoms with Gasteiger partial charge < -0.3 is 13.4 Å². The summed E-state index contributed by atoms with van der Waals surface area (Å²) in [5.41, 5.74) is 9.43. The lowest BCUT2D eigenvalue weighted by Crippen LogP contribution is -2.01. The quantitative estimate of drug-likeness (QED) is 0.179. The number of para-hydroxylation sites is 3. The van der Waals surface area contributed by atoms with Gasteiger partial charge in [0.25, 0.3) is 0 Å². The van der Waals surface area contributed by atoms with Crippen LogP contribution >= 0.6 is 11.3 Å². The van der Waals surface area contributed by atoms with Crippen molar-refractivity contribution >= 4 is 97.2 Å². The lowest BCUT2D eigenvalue weighted by molar-refractivity contribution is 0.669. The van der Waals surface area contributed by atoms with Crippen LogP contribution in [0.1, 0.15) is 0 Å². The highest BCUT2D eigenvalue weighted by Gasteiger charge is 2.24. The van der Waals surface area contributed by atoms with E-state index < -0.39 is 0 Å². The molecule has 13 aromatic rings. The number of thiophene rings is 1. The number of hydrogen-bond acceptors (Lipinski definition) is 6. The number of benzene rings is 8. The van der Waals surface area contributed by atoms with Crippen LogP contribution in [0.4, 0.5) is 0 Å². The molecule has 0 atom stereocenters. The molecule has 0 amide bonds. The first kappa shape index (κ1) is 31.6. The monoisotopic (exact) mass is 760 g/mol. The van der Waals surface area contributed by atoms with Gasteiger partial charge >= 0.3 is 0 Å². The number of nitrogens with zero attached hydrogens (tertiary/aromatic N) is 4. The molecule has 0 bridgehead atoms. The van der Waals surface area contributed by atoms with Crippen LogP contribution in [0, 0.1) is 0 Å². The first-order valence-electron chi connectivity index (χ1n) is 19.3. The molecule has 0 N–H and O–H groups in total. The van der Waals surface area contributed by atoms with Crippen molar-refractivity contribution in [2.45, 2.75) is 0 Å². The predicted octanol–water partition coefficient (Wildman–Crippen LogP) is 14.1. The Morgan fingerprint density at radius 2 is 1.05 bits per heavy atom. The molecule has 8 aromatic carbocycles. The summed E-state index contributed by atoms with van der Waals surface area (Å²) in [5.74, 6) is 1.85. The Bertz CT molecular complexity index is 3740. The molecule has 5 aromatic heterocycles. The Balaban J connectivity index is 1.19. The van der Waals surface area contributed by atoms with Gasteiger partial charge in [-0.05, 0) is 54.6 Å². The Morgan fingerprint density at radius 3 is 1.81 bits per heavy atom. The minimum atomic E-state index is 0.611. The Hall–Kier alpha value is -7.61. The summed E-state index contributed by atoms with van der Waals surface area (Å²) in [6.45, 7) is 0. The summed E-state index contributed by atoms with van der Waals surface area (Å²) in [7, 11) is 0. The smallest absolute Gasteiger partial charge is 0.165 e. The zero-order valence-corrected chi connectivity index (χ0v) is 31.5. The molecule has 6 nitrogen and oxygen atoms in total. The second kappa shape index (κ2) is 11.9. The van der Waals surface area contributed by atoms with Gasteiger partial charge in [-0.25, -0.2) is 15.0 Å². The first-order valence-corrected chi connectivity index (χ1v) is 20.1. The summed E-state index contributed by atoms with van der Waals surface area (Å²) in [5, 5.41) is 8.90. The van der Waals surface area contributed by atoms with Crippen molar-refractivity contribution in [2.75, 3.05) is 0 Å². The van der Waals surface area contributed by atoms with Crippen LogP contribution in [0.15, 0.2) is 179 Å². The van der Waals surface area contributed by atoms with Crippen molar-refractivity contribution in [3.05, 3.63) is 170 Å². The molecule has 0 aliphatic rings. The highest BCUT2D eigenvalue weighted by molar-refractivity contribution is 7.26. The third-order valence-corrected chi connectivity index (χ3v) is 12.6. The van der Waals surface area contributed by atoms with E-state index in [2.05, 4.69) is 114 Å². The number of hydrogen-bond donors (Lipinski definition) is 0. The zero-order chi connectivity index (χ0) is 37.9. The van der Waals surface area contributed by atoms with Crippen LogP contribution in [0.3, 0.4) is 0 Å². The Kier molecular flexibility index (Phi) is 6.50. The number of fused-ring (bicyclic) bond motifs is 14. The van der Waals surface area contributed by atoms with Gasteiger partial charge in [-0.3, -0.25) is 0 Å². The van der Waals surface area contributed by atoms with Crippen LogP contribution in [0.25, 0.3) is 126 Å². The molecular weight excluding hydrogens is 733 g/mol. The molecule has 270 valence electrons.